The molecule has 3 rings (SSSR count). The zero-order valence-electron chi connectivity index (χ0n) is 23.0. The molecule has 208 valence electrons. The maximum Gasteiger partial charge on any atom is 0.410 e. The highest BCUT2D eigenvalue weighted by Crippen LogP contribution is 2.28. The Hall–Kier alpha value is -3.11. The van der Waals surface area contributed by atoms with Crippen LogP contribution in [0.4, 0.5) is 4.79 Å². The molecule has 1 amide bonds. The largest absolute Gasteiger partial charge is 0.497 e. The lowest BCUT2D eigenvalue weighted by atomic mass is 10.1. The van der Waals surface area contributed by atoms with Crippen molar-refractivity contribution in [3.63, 3.8) is 0 Å². The lowest BCUT2D eigenvalue weighted by molar-refractivity contribution is 0.0152. The molecule has 0 bridgehead atoms. The first-order chi connectivity index (χ1) is 17.8. The van der Waals surface area contributed by atoms with Crippen molar-refractivity contribution in [3.05, 3.63) is 59.7 Å². The molecule has 0 N–H and O–H groups in total. The van der Waals surface area contributed by atoms with E-state index in [-0.39, 0.29) is 24.1 Å². The van der Waals surface area contributed by atoms with Crippen molar-refractivity contribution in [2.75, 3.05) is 20.2 Å². The Kier molecular flexibility index (Phi) is 9.43. The van der Waals surface area contributed by atoms with Gasteiger partial charge in [-0.15, -0.1) is 0 Å². The van der Waals surface area contributed by atoms with Crippen molar-refractivity contribution in [1.82, 2.24) is 9.21 Å². The van der Waals surface area contributed by atoms with Crippen molar-refractivity contribution in [2.45, 2.75) is 76.6 Å². The smallest absolute Gasteiger partial charge is 0.410 e. The molecule has 1 saturated heterocycles. The zero-order chi connectivity index (χ0) is 28.1. The number of benzene rings is 2. The Morgan fingerprint density at radius 3 is 2.24 bits per heavy atom. The molecular formula is C28H38N2O7S. The molecule has 38 heavy (non-hydrogen) atoms. The molecule has 2 aromatic carbocycles. The van der Waals surface area contributed by atoms with Gasteiger partial charge in [-0.3, -0.25) is 0 Å². The van der Waals surface area contributed by atoms with Crippen LogP contribution in [0.25, 0.3) is 0 Å². The number of hydrogen-bond acceptors (Lipinski definition) is 7. The van der Waals surface area contributed by atoms with E-state index < -0.39 is 33.7 Å². The van der Waals surface area contributed by atoms with Crippen molar-refractivity contribution >= 4 is 22.1 Å². The fourth-order valence-corrected chi connectivity index (χ4v) is 5.82. The van der Waals surface area contributed by atoms with E-state index in [9.17, 15) is 18.0 Å². The van der Waals surface area contributed by atoms with Crippen LogP contribution in [0.3, 0.4) is 0 Å². The number of esters is 1. The SMILES string of the molecule is COc1ccc(S(=O)(=O)N(Cc2ccc(C(=O)OC(C)C)cc2)C2CCCN(C(=O)OC(C)(C)C)C2)cc1. The van der Waals surface area contributed by atoms with E-state index in [1.54, 1.807) is 75.9 Å². The molecule has 1 unspecified atom stereocenters. The molecular weight excluding hydrogens is 508 g/mol. The van der Waals surface area contributed by atoms with E-state index in [1.165, 1.54) is 23.5 Å². The van der Waals surface area contributed by atoms with Gasteiger partial charge in [0, 0.05) is 25.7 Å². The van der Waals surface area contributed by atoms with E-state index >= 15 is 0 Å². The Bertz CT molecular complexity index is 1200. The topological polar surface area (TPSA) is 102 Å². The third-order valence-electron chi connectivity index (χ3n) is 5.99. The zero-order valence-corrected chi connectivity index (χ0v) is 23.8. The Balaban J connectivity index is 1.91. The van der Waals surface area contributed by atoms with Crippen LogP contribution in [-0.2, 0) is 26.0 Å². The second kappa shape index (κ2) is 12.2. The normalized spacial score (nSPS) is 16.4. The van der Waals surface area contributed by atoms with Gasteiger partial charge in [0.25, 0.3) is 0 Å². The molecule has 0 spiro atoms. The molecule has 1 aliphatic rings. The molecule has 9 nitrogen and oxygen atoms in total. The minimum atomic E-state index is -3.94. The summed E-state index contributed by atoms with van der Waals surface area (Å²) in [5, 5.41) is 0. The quantitative estimate of drug-likeness (QED) is 0.436. The summed E-state index contributed by atoms with van der Waals surface area (Å²) >= 11 is 0. The van der Waals surface area contributed by atoms with E-state index in [2.05, 4.69) is 0 Å². The number of ether oxygens (including phenoxy) is 3. The fourth-order valence-electron chi connectivity index (χ4n) is 4.18. The first-order valence-corrected chi connectivity index (χ1v) is 14.2. The van der Waals surface area contributed by atoms with Gasteiger partial charge in [0.2, 0.25) is 10.0 Å². The second-order valence-electron chi connectivity index (χ2n) is 10.6. The predicted molar refractivity (Wildman–Crippen MR) is 144 cm³/mol. The van der Waals surface area contributed by atoms with E-state index in [1.807, 2.05) is 0 Å². The van der Waals surface area contributed by atoms with Gasteiger partial charge < -0.3 is 19.1 Å². The lowest BCUT2D eigenvalue weighted by Gasteiger charge is -2.39. The minimum Gasteiger partial charge on any atom is -0.497 e. The molecule has 1 heterocycles. The van der Waals surface area contributed by atoms with Crippen molar-refractivity contribution in [2.24, 2.45) is 0 Å². The number of amides is 1. The number of likely N-dealkylation sites (tertiary alicyclic amines) is 1. The summed E-state index contributed by atoms with van der Waals surface area (Å²) in [7, 11) is -2.43. The van der Waals surface area contributed by atoms with Gasteiger partial charge in [-0.25, -0.2) is 18.0 Å². The van der Waals surface area contributed by atoms with Crippen LogP contribution in [0.1, 0.15) is 63.4 Å². The van der Waals surface area contributed by atoms with Gasteiger partial charge in [-0.05, 0) is 89.4 Å². The second-order valence-corrected chi connectivity index (χ2v) is 12.5. The van der Waals surface area contributed by atoms with Gasteiger partial charge in [-0.2, -0.15) is 4.31 Å². The summed E-state index contributed by atoms with van der Waals surface area (Å²) in [6.07, 6.45) is 0.523. The van der Waals surface area contributed by atoms with E-state index in [0.29, 0.717) is 36.3 Å². The van der Waals surface area contributed by atoms with Gasteiger partial charge in [0.05, 0.1) is 23.7 Å². The van der Waals surface area contributed by atoms with Crippen LogP contribution in [0.5, 0.6) is 5.75 Å². The number of nitrogens with zero attached hydrogens (tertiary/aromatic N) is 2. The standard InChI is InChI=1S/C28H38N2O7S/c1-20(2)36-26(31)22-11-9-21(10-12-22)18-30(38(33,34)25-15-13-24(35-6)14-16-25)23-8-7-17-29(19-23)27(32)37-28(3,4)5/h9-16,20,23H,7-8,17-19H2,1-6H3. The fraction of sp³-hybridized carbons (Fsp3) is 0.500. The lowest BCUT2D eigenvalue weighted by Crippen LogP contribution is -2.52. The number of rotatable bonds is 8. The highest BCUT2D eigenvalue weighted by molar-refractivity contribution is 7.89. The number of piperidine rings is 1. The van der Waals surface area contributed by atoms with Crippen LogP contribution in [0.15, 0.2) is 53.4 Å². The predicted octanol–water partition coefficient (Wildman–Crippen LogP) is 4.85. The molecule has 10 heteroatoms. The van der Waals surface area contributed by atoms with Crippen LogP contribution < -0.4 is 4.74 Å². The highest BCUT2D eigenvalue weighted by Gasteiger charge is 2.37. The summed E-state index contributed by atoms with van der Waals surface area (Å²) in [6.45, 7) is 9.73. The van der Waals surface area contributed by atoms with Gasteiger partial charge >= 0.3 is 12.1 Å². The molecule has 2 aromatic rings. The Morgan fingerprint density at radius 1 is 1.05 bits per heavy atom. The number of carbonyl (C=O) groups excluding carboxylic acids is 2. The minimum absolute atomic E-state index is 0.0701. The number of hydrogen-bond donors (Lipinski definition) is 0. The molecule has 1 atom stereocenters. The molecule has 0 saturated carbocycles. The number of sulfonamides is 1. The average Bonchev–Trinajstić information content (AvgIpc) is 2.86. The maximum atomic E-state index is 13.9. The average molecular weight is 547 g/mol. The molecule has 0 aliphatic carbocycles. The summed E-state index contributed by atoms with van der Waals surface area (Å²) in [4.78, 5) is 26.7. The van der Waals surface area contributed by atoms with Gasteiger partial charge in [0.15, 0.2) is 0 Å². The van der Waals surface area contributed by atoms with E-state index in [4.69, 9.17) is 14.2 Å². The monoisotopic (exact) mass is 546 g/mol. The van der Waals surface area contributed by atoms with E-state index in [0.717, 1.165) is 0 Å². The maximum absolute atomic E-state index is 13.9. The van der Waals surface area contributed by atoms with Crippen molar-refractivity contribution < 1.29 is 32.2 Å². The number of carbonyl (C=O) groups is 2. The Labute approximate surface area is 225 Å². The first-order valence-electron chi connectivity index (χ1n) is 12.7. The third-order valence-corrected chi connectivity index (χ3v) is 7.90. The Morgan fingerprint density at radius 2 is 1.68 bits per heavy atom. The van der Waals surface area contributed by atoms with Crippen LogP contribution in [0.2, 0.25) is 0 Å². The van der Waals surface area contributed by atoms with Crippen LogP contribution in [0, 0.1) is 0 Å². The summed E-state index contributed by atoms with van der Waals surface area (Å²) in [6, 6.07) is 12.5. The van der Waals surface area contributed by atoms with Crippen LogP contribution in [-0.4, -0.2) is 67.6 Å². The van der Waals surface area contributed by atoms with Crippen LogP contribution >= 0.6 is 0 Å². The summed E-state index contributed by atoms with van der Waals surface area (Å²) < 4.78 is 45.2. The first kappa shape index (κ1) is 29.4. The van der Waals surface area contributed by atoms with Crippen molar-refractivity contribution in [3.8, 4) is 5.75 Å². The molecule has 1 fully saturated rings. The highest BCUT2D eigenvalue weighted by atomic mass is 32.2. The van der Waals surface area contributed by atoms with Gasteiger partial charge in [0.1, 0.15) is 11.4 Å². The third kappa shape index (κ3) is 7.70. The molecule has 1 aliphatic heterocycles. The van der Waals surface area contributed by atoms with Gasteiger partial charge in [-0.1, -0.05) is 12.1 Å². The van der Waals surface area contributed by atoms with Crippen molar-refractivity contribution in [1.29, 1.82) is 0 Å². The number of methoxy groups -OCH3 is 1. The molecule has 0 radical (unpaired) electrons. The summed E-state index contributed by atoms with van der Waals surface area (Å²) in [5.41, 5.74) is 0.440. The summed E-state index contributed by atoms with van der Waals surface area (Å²) in [5.74, 6) is 0.114. The molecule has 0 aromatic heterocycles.